The van der Waals surface area contributed by atoms with Crippen LogP contribution in [0, 0.1) is 22.2 Å². The zero-order valence-electron chi connectivity index (χ0n) is 37.2. The van der Waals surface area contributed by atoms with Gasteiger partial charge in [-0.1, -0.05) is 158 Å². The van der Waals surface area contributed by atoms with Gasteiger partial charge in [-0.2, -0.15) is 0 Å². The molecule has 5 nitrogen and oxygen atoms in total. The highest BCUT2D eigenvalue weighted by Crippen LogP contribution is 2.56. The van der Waals surface area contributed by atoms with Crippen molar-refractivity contribution >= 4 is 11.9 Å². The Bertz CT molecular complexity index is 859. The summed E-state index contributed by atoms with van der Waals surface area (Å²) in [6, 6.07) is 0. The van der Waals surface area contributed by atoms with Crippen LogP contribution in [-0.2, 0) is 19.1 Å². The Morgan fingerprint density at radius 2 is 1.06 bits per heavy atom. The summed E-state index contributed by atoms with van der Waals surface area (Å²) in [5, 5.41) is 0. The van der Waals surface area contributed by atoms with E-state index >= 15 is 0 Å². The molecule has 0 aliphatic carbocycles. The summed E-state index contributed by atoms with van der Waals surface area (Å²) in [5.41, 5.74) is -0.612. The molecule has 2 atom stereocenters. The number of nitrogens with zero attached hydrogens (tertiary/aromatic N) is 1. The molecule has 52 heavy (non-hydrogen) atoms. The smallest absolute Gasteiger partial charge is 0.312 e. The third kappa shape index (κ3) is 20.5. The van der Waals surface area contributed by atoms with E-state index in [9.17, 15) is 9.59 Å². The molecule has 0 aromatic rings. The lowest BCUT2D eigenvalue weighted by Crippen LogP contribution is -2.54. The first-order chi connectivity index (χ1) is 24.8. The molecule has 0 N–H and O–H groups in total. The van der Waals surface area contributed by atoms with E-state index in [0.29, 0.717) is 18.9 Å². The van der Waals surface area contributed by atoms with Gasteiger partial charge < -0.3 is 14.4 Å². The van der Waals surface area contributed by atoms with Gasteiger partial charge in [0.1, 0.15) is 6.10 Å². The predicted octanol–water partition coefficient (Wildman–Crippen LogP) is 14.3. The number of piperidine rings is 1. The van der Waals surface area contributed by atoms with Gasteiger partial charge in [-0.05, 0) is 109 Å². The SMILES string of the molecule is CC.CCCCCCCCCC(CCCCCCCCC(=O)OCC(CCCC)CCCCCC)OC(=O)C(C)(C)C(C)(C)C1(C)CCN(C)CC1. The number of ether oxygens (including phenoxy) is 2. The van der Waals surface area contributed by atoms with Crippen LogP contribution in [0.2, 0.25) is 0 Å². The van der Waals surface area contributed by atoms with Gasteiger partial charge in [-0.3, -0.25) is 9.59 Å². The van der Waals surface area contributed by atoms with E-state index in [1.54, 1.807) is 0 Å². The summed E-state index contributed by atoms with van der Waals surface area (Å²) in [7, 11) is 2.21. The van der Waals surface area contributed by atoms with Crippen LogP contribution in [0.25, 0.3) is 0 Å². The quantitative estimate of drug-likeness (QED) is 0.0524. The van der Waals surface area contributed by atoms with Gasteiger partial charge in [0.15, 0.2) is 0 Å². The van der Waals surface area contributed by atoms with Crippen molar-refractivity contribution in [3.63, 3.8) is 0 Å². The van der Waals surface area contributed by atoms with Gasteiger partial charge in [-0.25, -0.2) is 0 Å². The summed E-state index contributed by atoms with van der Waals surface area (Å²) in [6.45, 7) is 24.9. The summed E-state index contributed by atoms with van der Waals surface area (Å²) in [6.07, 6.45) is 30.2. The maximum Gasteiger partial charge on any atom is 0.312 e. The summed E-state index contributed by atoms with van der Waals surface area (Å²) in [5.74, 6) is 0.520. The summed E-state index contributed by atoms with van der Waals surface area (Å²) < 4.78 is 12.2. The van der Waals surface area contributed by atoms with Gasteiger partial charge in [-0.15, -0.1) is 0 Å². The molecule has 0 saturated carbocycles. The predicted molar refractivity (Wildman–Crippen MR) is 226 cm³/mol. The number of likely N-dealkylation sites (tertiary alicyclic amines) is 1. The number of hydrogen-bond donors (Lipinski definition) is 0. The third-order valence-electron chi connectivity index (χ3n) is 13.1. The molecule has 1 fully saturated rings. The van der Waals surface area contributed by atoms with Crippen LogP contribution in [0.15, 0.2) is 0 Å². The second kappa shape index (κ2) is 30.2. The highest BCUT2D eigenvalue weighted by molar-refractivity contribution is 5.77. The van der Waals surface area contributed by atoms with Crippen molar-refractivity contribution < 1.29 is 19.1 Å². The molecule has 1 aliphatic heterocycles. The van der Waals surface area contributed by atoms with Gasteiger partial charge >= 0.3 is 11.9 Å². The van der Waals surface area contributed by atoms with Crippen LogP contribution >= 0.6 is 0 Å². The number of esters is 2. The Balaban J connectivity index is 0.0000128. The number of rotatable bonds is 31. The Labute approximate surface area is 326 Å². The minimum absolute atomic E-state index is 0.00402. The largest absolute Gasteiger partial charge is 0.465 e. The Morgan fingerprint density at radius 1 is 0.635 bits per heavy atom. The maximum absolute atomic E-state index is 14.0. The highest BCUT2D eigenvalue weighted by atomic mass is 16.5. The maximum atomic E-state index is 14.0. The van der Waals surface area contributed by atoms with E-state index in [0.717, 1.165) is 77.3 Å². The van der Waals surface area contributed by atoms with Crippen LogP contribution in [0.4, 0.5) is 0 Å². The molecule has 0 aromatic heterocycles. The molecule has 2 unspecified atom stereocenters. The van der Waals surface area contributed by atoms with Crippen LogP contribution in [0.1, 0.15) is 236 Å². The number of unbranched alkanes of at least 4 members (excludes halogenated alkanes) is 15. The van der Waals surface area contributed by atoms with Crippen molar-refractivity contribution in [2.75, 3.05) is 26.7 Å². The minimum Gasteiger partial charge on any atom is -0.465 e. The molecule has 310 valence electrons. The molecular formula is C47H93NO4. The second-order valence-electron chi connectivity index (χ2n) is 17.8. The van der Waals surface area contributed by atoms with Crippen LogP contribution in [-0.4, -0.2) is 49.7 Å². The fourth-order valence-corrected chi connectivity index (χ4v) is 7.93. The molecule has 0 radical (unpaired) electrons. The van der Waals surface area contributed by atoms with Crippen molar-refractivity contribution in [1.29, 1.82) is 0 Å². The zero-order valence-corrected chi connectivity index (χ0v) is 37.2. The number of carbonyl (C=O) groups is 2. The van der Waals surface area contributed by atoms with E-state index in [2.05, 4.69) is 67.3 Å². The van der Waals surface area contributed by atoms with Crippen molar-refractivity contribution in [2.24, 2.45) is 22.2 Å². The van der Waals surface area contributed by atoms with Crippen molar-refractivity contribution in [3.05, 3.63) is 0 Å². The fourth-order valence-electron chi connectivity index (χ4n) is 7.93. The monoisotopic (exact) mass is 736 g/mol. The molecule has 1 rings (SSSR count). The zero-order chi connectivity index (χ0) is 39.3. The average molecular weight is 736 g/mol. The minimum atomic E-state index is -0.553. The van der Waals surface area contributed by atoms with E-state index in [1.165, 1.54) is 96.3 Å². The van der Waals surface area contributed by atoms with Crippen LogP contribution < -0.4 is 0 Å². The molecule has 1 aliphatic rings. The van der Waals surface area contributed by atoms with Gasteiger partial charge in [0, 0.05) is 6.42 Å². The summed E-state index contributed by atoms with van der Waals surface area (Å²) in [4.78, 5) is 28.8. The van der Waals surface area contributed by atoms with Gasteiger partial charge in [0.2, 0.25) is 0 Å². The highest BCUT2D eigenvalue weighted by Gasteiger charge is 2.55. The van der Waals surface area contributed by atoms with E-state index in [4.69, 9.17) is 9.47 Å². The Morgan fingerprint density at radius 3 is 1.58 bits per heavy atom. The Kier molecular flexibility index (Phi) is 29.5. The first-order valence-corrected chi connectivity index (χ1v) is 22.9. The van der Waals surface area contributed by atoms with E-state index in [1.807, 2.05) is 13.8 Å². The fraction of sp³-hybridized carbons (Fsp3) is 0.957. The molecular weight excluding hydrogens is 643 g/mol. The summed E-state index contributed by atoms with van der Waals surface area (Å²) >= 11 is 0. The van der Waals surface area contributed by atoms with Crippen LogP contribution in [0.3, 0.4) is 0 Å². The third-order valence-corrected chi connectivity index (χ3v) is 13.1. The molecule has 0 amide bonds. The standard InChI is InChI=1S/C45H87NO4.C2H6/c1-10-13-16-18-19-22-26-31-40(50-42(48)43(4,5)44(6,7)45(8)34-36-46(9)37-35-45)32-27-23-20-21-24-28-33-41(47)49-38-39(29-15-12-3)30-25-17-14-11-2;1-2/h39-40H,10-38H2,1-9H3;1-2H3. The van der Waals surface area contributed by atoms with Crippen molar-refractivity contribution in [3.8, 4) is 0 Å². The molecule has 0 aromatic carbocycles. The number of hydrogen-bond acceptors (Lipinski definition) is 5. The first-order valence-electron chi connectivity index (χ1n) is 22.9. The topological polar surface area (TPSA) is 55.8 Å². The van der Waals surface area contributed by atoms with Gasteiger partial charge in [0.25, 0.3) is 0 Å². The second-order valence-corrected chi connectivity index (χ2v) is 17.8. The van der Waals surface area contributed by atoms with Crippen LogP contribution in [0.5, 0.6) is 0 Å². The average Bonchev–Trinajstić information content (AvgIpc) is 3.13. The molecule has 0 bridgehead atoms. The normalized spacial score (nSPS) is 16.1. The lowest BCUT2D eigenvalue weighted by atomic mass is 9.51. The van der Waals surface area contributed by atoms with Crippen molar-refractivity contribution in [2.45, 2.75) is 242 Å². The van der Waals surface area contributed by atoms with Gasteiger partial charge in [0.05, 0.1) is 12.0 Å². The Hall–Kier alpha value is -1.10. The molecule has 1 heterocycles. The lowest BCUT2D eigenvalue weighted by Gasteiger charge is -2.55. The van der Waals surface area contributed by atoms with Crippen molar-refractivity contribution in [1.82, 2.24) is 4.90 Å². The molecule has 5 heteroatoms. The lowest BCUT2D eigenvalue weighted by molar-refractivity contribution is -0.177. The first kappa shape index (κ1) is 50.9. The van der Waals surface area contributed by atoms with E-state index < -0.39 is 5.41 Å². The molecule has 1 saturated heterocycles. The van der Waals surface area contributed by atoms with E-state index in [-0.39, 0.29) is 28.9 Å². The molecule has 0 spiro atoms. The number of carbonyl (C=O) groups excluding carboxylic acids is 2.